The highest BCUT2D eigenvalue weighted by Gasteiger charge is 2.31. The molecular weight excluding hydrogens is 406 g/mol. The summed E-state index contributed by atoms with van der Waals surface area (Å²) in [6.07, 6.45) is 1.75. The number of amides is 3. The molecule has 1 saturated heterocycles. The molecule has 166 valence electrons. The van der Waals surface area contributed by atoms with Crippen LogP contribution in [-0.4, -0.2) is 80.1 Å². The van der Waals surface area contributed by atoms with Crippen LogP contribution < -0.4 is 0 Å². The first-order chi connectivity index (χ1) is 15.5. The summed E-state index contributed by atoms with van der Waals surface area (Å²) >= 11 is 0. The van der Waals surface area contributed by atoms with Gasteiger partial charge < -0.3 is 19.3 Å². The number of hydrogen-bond acceptors (Lipinski definition) is 5. The van der Waals surface area contributed by atoms with Crippen LogP contribution in [0.25, 0.3) is 10.9 Å². The van der Waals surface area contributed by atoms with Gasteiger partial charge in [0.25, 0.3) is 5.91 Å². The zero-order valence-corrected chi connectivity index (χ0v) is 18.4. The van der Waals surface area contributed by atoms with E-state index in [2.05, 4.69) is 19.7 Å². The molecule has 2 aliphatic heterocycles. The number of piperidine rings is 1. The SMILES string of the molecule is CN(C)C(=O)N1CCC(c2nnc3n2CCN(C(=O)c2ccc4ccccc4n2)C3)CC1. The normalized spacial score (nSPS) is 16.8. The summed E-state index contributed by atoms with van der Waals surface area (Å²) in [4.78, 5) is 35.1. The monoisotopic (exact) mass is 433 g/mol. The van der Waals surface area contributed by atoms with Gasteiger partial charge in [-0.1, -0.05) is 24.3 Å². The van der Waals surface area contributed by atoms with Gasteiger partial charge in [-0.3, -0.25) is 4.79 Å². The van der Waals surface area contributed by atoms with Crippen LogP contribution >= 0.6 is 0 Å². The van der Waals surface area contributed by atoms with E-state index in [4.69, 9.17) is 0 Å². The Balaban J connectivity index is 1.27. The van der Waals surface area contributed by atoms with Crippen molar-refractivity contribution in [3.63, 3.8) is 0 Å². The summed E-state index contributed by atoms with van der Waals surface area (Å²) in [5.74, 6) is 1.99. The highest BCUT2D eigenvalue weighted by molar-refractivity contribution is 5.94. The van der Waals surface area contributed by atoms with Crippen LogP contribution in [0.5, 0.6) is 0 Å². The molecule has 0 atom stereocenters. The number of carbonyl (C=O) groups excluding carboxylic acids is 2. The molecule has 5 rings (SSSR count). The van der Waals surface area contributed by atoms with E-state index in [1.54, 1.807) is 30.0 Å². The van der Waals surface area contributed by atoms with Crippen LogP contribution in [0, 0.1) is 0 Å². The lowest BCUT2D eigenvalue weighted by molar-refractivity contribution is 0.0700. The van der Waals surface area contributed by atoms with Crippen molar-refractivity contribution in [1.82, 2.24) is 34.4 Å². The summed E-state index contributed by atoms with van der Waals surface area (Å²) in [7, 11) is 3.56. The predicted molar refractivity (Wildman–Crippen MR) is 119 cm³/mol. The van der Waals surface area contributed by atoms with Crippen molar-refractivity contribution in [2.75, 3.05) is 33.7 Å². The zero-order chi connectivity index (χ0) is 22.2. The Kier molecular flexibility index (Phi) is 5.24. The first-order valence-electron chi connectivity index (χ1n) is 11.0. The summed E-state index contributed by atoms with van der Waals surface area (Å²) in [5.41, 5.74) is 1.27. The quantitative estimate of drug-likeness (QED) is 0.619. The number of hydrogen-bond donors (Lipinski definition) is 0. The number of nitrogens with zero attached hydrogens (tertiary/aromatic N) is 7. The molecule has 9 heteroatoms. The second-order valence-electron chi connectivity index (χ2n) is 8.68. The van der Waals surface area contributed by atoms with Crippen LogP contribution in [0.1, 0.15) is 40.9 Å². The van der Waals surface area contributed by atoms with E-state index in [0.29, 0.717) is 25.3 Å². The number of fused-ring (bicyclic) bond motifs is 2. The number of urea groups is 1. The Bertz CT molecular complexity index is 1160. The smallest absolute Gasteiger partial charge is 0.319 e. The van der Waals surface area contributed by atoms with Crippen LogP contribution in [-0.2, 0) is 13.1 Å². The fourth-order valence-electron chi connectivity index (χ4n) is 4.61. The Hall–Kier alpha value is -3.49. The number of rotatable bonds is 2. The third-order valence-electron chi connectivity index (χ3n) is 6.40. The van der Waals surface area contributed by atoms with Crippen molar-refractivity contribution in [1.29, 1.82) is 0 Å². The Morgan fingerprint density at radius 3 is 2.50 bits per heavy atom. The van der Waals surface area contributed by atoms with Crippen LogP contribution in [0.15, 0.2) is 36.4 Å². The van der Waals surface area contributed by atoms with Crippen molar-refractivity contribution in [2.24, 2.45) is 0 Å². The standard InChI is InChI=1S/C23H27N7O2/c1-27(2)23(32)28-11-9-17(10-12-28)21-26-25-20-15-29(13-14-30(20)21)22(31)19-8-7-16-5-3-4-6-18(16)24-19/h3-8,17H,9-15H2,1-2H3. The van der Waals surface area contributed by atoms with E-state index in [9.17, 15) is 9.59 Å². The van der Waals surface area contributed by atoms with E-state index >= 15 is 0 Å². The molecule has 0 radical (unpaired) electrons. The van der Waals surface area contributed by atoms with Gasteiger partial charge in [0.05, 0.1) is 12.1 Å². The van der Waals surface area contributed by atoms with Gasteiger partial charge in [0.15, 0.2) is 5.82 Å². The molecule has 3 aromatic rings. The van der Waals surface area contributed by atoms with Gasteiger partial charge >= 0.3 is 6.03 Å². The van der Waals surface area contributed by atoms with Crippen LogP contribution in [0.2, 0.25) is 0 Å². The van der Waals surface area contributed by atoms with Gasteiger partial charge in [0.2, 0.25) is 0 Å². The van der Waals surface area contributed by atoms with Crippen molar-refractivity contribution >= 4 is 22.8 Å². The predicted octanol–water partition coefficient (Wildman–Crippen LogP) is 2.34. The van der Waals surface area contributed by atoms with Gasteiger partial charge in [-0.05, 0) is 25.0 Å². The van der Waals surface area contributed by atoms with E-state index in [-0.39, 0.29) is 17.9 Å². The Morgan fingerprint density at radius 1 is 0.938 bits per heavy atom. The van der Waals surface area contributed by atoms with Gasteiger partial charge in [0.1, 0.15) is 11.5 Å². The first-order valence-corrected chi connectivity index (χ1v) is 11.0. The molecule has 0 N–H and O–H groups in total. The lowest BCUT2D eigenvalue weighted by Crippen LogP contribution is -2.44. The van der Waals surface area contributed by atoms with Crippen molar-refractivity contribution in [2.45, 2.75) is 31.8 Å². The Labute approximate surface area is 186 Å². The Morgan fingerprint density at radius 2 is 1.72 bits per heavy atom. The minimum Gasteiger partial charge on any atom is -0.331 e. The van der Waals surface area contributed by atoms with Crippen LogP contribution in [0.4, 0.5) is 4.79 Å². The molecule has 2 aromatic heterocycles. The van der Waals surface area contributed by atoms with E-state index in [1.165, 1.54) is 0 Å². The maximum absolute atomic E-state index is 13.1. The van der Waals surface area contributed by atoms with Gasteiger partial charge in [-0.2, -0.15) is 0 Å². The molecule has 0 unspecified atom stereocenters. The second kappa shape index (κ2) is 8.22. The van der Waals surface area contributed by atoms with E-state index in [0.717, 1.165) is 48.5 Å². The lowest BCUT2D eigenvalue weighted by Gasteiger charge is -2.34. The summed E-state index contributed by atoms with van der Waals surface area (Å²) in [6, 6.07) is 11.6. The average Bonchev–Trinajstić information content (AvgIpc) is 3.26. The lowest BCUT2D eigenvalue weighted by atomic mass is 9.96. The summed E-state index contributed by atoms with van der Waals surface area (Å²) in [5, 5.41) is 9.90. The number of benzene rings is 1. The van der Waals surface area contributed by atoms with Crippen LogP contribution in [0.3, 0.4) is 0 Å². The summed E-state index contributed by atoms with van der Waals surface area (Å²) < 4.78 is 2.16. The van der Waals surface area contributed by atoms with Gasteiger partial charge in [0, 0.05) is 51.6 Å². The molecule has 2 aliphatic rings. The average molecular weight is 434 g/mol. The molecule has 32 heavy (non-hydrogen) atoms. The number of pyridine rings is 1. The molecule has 0 saturated carbocycles. The zero-order valence-electron chi connectivity index (χ0n) is 18.4. The molecule has 4 heterocycles. The third kappa shape index (κ3) is 3.68. The highest BCUT2D eigenvalue weighted by Crippen LogP contribution is 2.29. The molecule has 0 aliphatic carbocycles. The molecule has 0 bridgehead atoms. The maximum Gasteiger partial charge on any atom is 0.319 e. The molecule has 1 aromatic carbocycles. The second-order valence-corrected chi connectivity index (χ2v) is 8.68. The number of aromatic nitrogens is 4. The highest BCUT2D eigenvalue weighted by atomic mass is 16.2. The van der Waals surface area contributed by atoms with Crippen molar-refractivity contribution in [3.8, 4) is 0 Å². The fourth-order valence-corrected chi connectivity index (χ4v) is 4.61. The minimum absolute atomic E-state index is 0.0585. The van der Waals surface area contributed by atoms with E-state index in [1.807, 2.05) is 35.2 Å². The number of likely N-dealkylation sites (tertiary alicyclic amines) is 1. The molecule has 1 fully saturated rings. The summed E-state index contributed by atoms with van der Waals surface area (Å²) in [6.45, 7) is 3.15. The largest absolute Gasteiger partial charge is 0.331 e. The topological polar surface area (TPSA) is 87.5 Å². The third-order valence-corrected chi connectivity index (χ3v) is 6.40. The van der Waals surface area contributed by atoms with Crippen molar-refractivity contribution in [3.05, 3.63) is 53.7 Å². The fraction of sp³-hybridized carbons (Fsp3) is 0.435. The molecule has 3 amide bonds. The number of para-hydroxylation sites is 1. The van der Waals surface area contributed by atoms with Gasteiger partial charge in [-0.15, -0.1) is 10.2 Å². The number of carbonyl (C=O) groups is 2. The van der Waals surface area contributed by atoms with E-state index < -0.39 is 0 Å². The maximum atomic E-state index is 13.1. The minimum atomic E-state index is -0.0814. The van der Waals surface area contributed by atoms with Crippen molar-refractivity contribution < 1.29 is 9.59 Å². The van der Waals surface area contributed by atoms with Gasteiger partial charge in [-0.25, -0.2) is 9.78 Å². The first kappa shape index (κ1) is 20.4. The molecule has 0 spiro atoms. The molecular formula is C23H27N7O2. The molecule has 9 nitrogen and oxygen atoms in total.